The summed E-state index contributed by atoms with van der Waals surface area (Å²) in [7, 11) is 1.70. The maximum atomic E-state index is 12.9. The average molecular weight is 469 g/mol. The van der Waals surface area contributed by atoms with Crippen LogP contribution < -0.4 is 5.32 Å². The molecule has 0 aliphatic carbocycles. The molecule has 6 nitrogen and oxygen atoms in total. The fraction of sp³-hybridized carbons (Fsp3) is 0.815. The zero-order valence-corrected chi connectivity index (χ0v) is 23.5. The Morgan fingerprint density at radius 3 is 1.82 bits per heavy atom. The van der Waals surface area contributed by atoms with Crippen LogP contribution >= 0.6 is 0 Å². The Morgan fingerprint density at radius 1 is 0.970 bits per heavy atom. The molecular formula is C27H52N2O4. The van der Waals surface area contributed by atoms with Gasteiger partial charge in [0.15, 0.2) is 0 Å². The Labute approximate surface area is 203 Å². The maximum Gasteiger partial charge on any atom is 0.333 e. The van der Waals surface area contributed by atoms with Crippen LogP contribution in [0, 0.1) is 23.2 Å². The minimum Gasteiger partial charge on any atom is -0.463 e. The number of esters is 1. The summed E-state index contributed by atoms with van der Waals surface area (Å²) in [5, 5.41) is 2.86. The summed E-state index contributed by atoms with van der Waals surface area (Å²) in [6, 6.07) is -0.262. The molecular weight excluding hydrogens is 416 g/mol. The summed E-state index contributed by atoms with van der Waals surface area (Å²) in [4.78, 5) is 39.2. The number of likely N-dealkylation sites (N-methyl/N-ethyl adjacent to an activating group) is 1. The molecule has 0 saturated heterocycles. The van der Waals surface area contributed by atoms with Gasteiger partial charge in [-0.15, -0.1) is 0 Å². The SMILES string of the molecule is CC(C)C.CCOC(=O)/C(C)=C/[C@H](C(C)C)N(C)C(=O)CNC(=O)C(CC)(CC)CC(C)C. The maximum absolute atomic E-state index is 12.9. The van der Waals surface area contributed by atoms with Gasteiger partial charge in [-0.25, -0.2) is 4.79 Å². The van der Waals surface area contributed by atoms with Crippen LogP contribution in [0.2, 0.25) is 0 Å². The predicted octanol–water partition coefficient (Wildman–Crippen LogP) is 5.61. The molecule has 0 radical (unpaired) electrons. The van der Waals surface area contributed by atoms with Gasteiger partial charge in [0.25, 0.3) is 0 Å². The van der Waals surface area contributed by atoms with Crippen molar-refractivity contribution in [1.82, 2.24) is 10.2 Å². The molecule has 1 N–H and O–H groups in total. The number of hydrogen-bond donors (Lipinski definition) is 1. The van der Waals surface area contributed by atoms with E-state index >= 15 is 0 Å². The van der Waals surface area contributed by atoms with Crippen molar-refractivity contribution in [1.29, 1.82) is 0 Å². The molecule has 0 aliphatic heterocycles. The summed E-state index contributed by atoms with van der Waals surface area (Å²) in [5.74, 6) is 0.722. The summed E-state index contributed by atoms with van der Waals surface area (Å²) in [6.45, 7) is 22.5. The van der Waals surface area contributed by atoms with E-state index in [1.165, 1.54) is 0 Å². The van der Waals surface area contributed by atoms with Crippen molar-refractivity contribution in [3.05, 3.63) is 11.6 Å². The number of carbonyl (C=O) groups is 3. The van der Waals surface area contributed by atoms with Crippen LogP contribution in [0.1, 0.15) is 95.4 Å². The first-order valence-electron chi connectivity index (χ1n) is 12.6. The predicted molar refractivity (Wildman–Crippen MR) is 138 cm³/mol. The normalized spacial score (nSPS) is 12.9. The van der Waals surface area contributed by atoms with Gasteiger partial charge in [-0.3, -0.25) is 9.59 Å². The van der Waals surface area contributed by atoms with Crippen molar-refractivity contribution in [3.63, 3.8) is 0 Å². The largest absolute Gasteiger partial charge is 0.463 e. The number of carbonyl (C=O) groups excluding carboxylic acids is 3. The standard InChI is InChI=1S/C23H42N2O4.C4H10/c1-10-23(11-2,14-16(4)5)22(28)24-15-20(26)25(9)19(17(6)7)13-18(8)21(27)29-12-3;1-4(2)3/h13,16-17,19H,10-12,14-15H2,1-9H3,(H,24,28);4H,1-3H3/b18-13+;/t19-;/m1./s1. The Balaban J connectivity index is 0. The highest BCUT2D eigenvalue weighted by Crippen LogP contribution is 2.34. The fourth-order valence-electron chi connectivity index (χ4n) is 3.69. The molecule has 2 amide bonds. The third-order valence-electron chi connectivity index (χ3n) is 5.58. The van der Waals surface area contributed by atoms with Gasteiger partial charge in [-0.05, 0) is 50.9 Å². The van der Waals surface area contributed by atoms with Crippen molar-refractivity contribution in [2.45, 2.75) is 101 Å². The minimum atomic E-state index is -0.440. The highest BCUT2D eigenvalue weighted by atomic mass is 16.5. The first-order valence-corrected chi connectivity index (χ1v) is 12.6. The topological polar surface area (TPSA) is 75.7 Å². The molecule has 1 atom stereocenters. The third-order valence-corrected chi connectivity index (χ3v) is 5.58. The molecule has 0 fully saturated rings. The zero-order chi connectivity index (χ0) is 26.4. The second kappa shape index (κ2) is 16.7. The quantitative estimate of drug-likeness (QED) is 0.298. The van der Waals surface area contributed by atoms with E-state index in [0.29, 0.717) is 18.1 Å². The number of nitrogens with zero attached hydrogens (tertiary/aromatic N) is 1. The van der Waals surface area contributed by atoms with Gasteiger partial charge in [-0.1, -0.05) is 68.4 Å². The highest BCUT2D eigenvalue weighted by molar-refractivity contribution is 5.89. The lowest BCUT2D eigenvalue weighted by Crippen LogP contribution is -2.48. The smallest absolute Gasteiger partial charge is 0.333 e. The molecule has 6 heteroatoms. The molecule has 0 saturated carbocycles. The van der Waals surface area contributed by atoms with Gasteiger partial charge in [0.1, 0.15) is 0 Å². The molecule has 0 heterocycles. The molecule has 0 aliphatic rings. The second-order valence-corrected chi connectivity index (χ2v) is 10.3. The number of hydrogen-bond acceptors (Lipinski definition) is 4. The van der Waals surface area contributed by atoms with Crippen LogP contribution in [-0.2, 0) is 19.1 Å². The molecule has 0 aromatic heterocycles. The van der Waals surface area contributed by atoms with Crippen molar-refractivity contribution >= 4 is 17.8 Å². The van der Waals surface area contributed by atoms with Gasteiger partial charge in [0, 0.05) is 18.0 Å². The van der Waals surface area contributed by atoms with E-state index in [2.05, 4.69) is 39.9 Å². The summed E-state index contributed by atoms with van der Waals surface area (Å²) >= 11 is 0. The van der Waals surface area contributed by atoms with E-state index in [1.807, 2.05) is 27.7 Å². The van der Waals surface area contributed by atoms with Gasteiger partial charge < -0.3 is 15.0 Å². The lowest BCUT2D eigenvalue weighted by Gasteiger charge is -2.33. The average Bonchev–Trinajstić information content (AvgIpc) is 2.72. The zero-order valence-electron chi connectivity index (χ0n) is 23.5. The minimum absolute atomic E-state index is 0.0509. The van der Waals surface area contributed by atoms with Crippen LogP contribution in [0.15, 0.2) is 11.6 Å². The van der Waals surface area contributed by atoms with Crippen LogP contribution in [0.5, 0.6) is 0 Å². The van der Waals surface area contributed by atoms with E-state index in [9.17, 15) is 14.4 Å². The molecule has 0 aromatic rings. The van der Waals surface area contributed by atoms with Crippen molar-refractivity contribution in [2.75, 3.05) is 20.2 Å². The fourth-order valence-corrected chi connectivity index (χ4v) is 3.69. The molecule has 0 rings (SSSR count). The van der Waals surface area contributed by atoms with Crippen molar-refractivity contribution in [3.8, 4) is 0 Å². The summed E-state index contributed by atoms with van der Waals surface area (Å²) in [5.41, 5.74) is 0.0346. The van der Waals surface area contributed by atoms with E-state index in [-0.39, 0.29) is 36.3 Å². The molecule has 194 valence electrons. The molecule has 33 heavy (non-hydrogen) atoms. The van der Waals surface area contributed by atoms with E-state index in [1.54, 1.807) is 31.9 Å². The Hall–Kier alpha value is -1.85. The molecule has 0 aromatic carbocycles. The number of ether oxygens (including phenoxy) is 1. The highest BCUT2D eigenvalue weighted by Gasteiger charge is 2.35. The molecule has 0 bridgehead atoms. The third kappa shape index (κ3) is 12.8. The Morgan fingerprint density at radius 2 is 1.45 bits per heavy atom. The van der Waals surface area contributed by atoms with Gasteiger partial charge in [0.05, 0.1) is 19.2 Å². The van der Waals surface area contributed by atoms with E-state index in [4.69, 9.17) is 4.74 Å². The van der Waals surface area contributed by atoms with Crippen LogP contribution in [0.3, 0.4) is 0 Å². The van der Waals surface area contributed by atoms with E-state index in [0.717, 1.165) is 25.2 Å². The van der Waals surface area contributed by atoms with E-state index < -0.39 is 5.41 Å². The lowest BCUT2D eigenvalue weighted by atomic mass is 9.75. The number of rotatable bonds is 12. The lowest BCUT2D eigenvalue weighted by molar-refractivity contribution is -0.138. The molecule has 0 spiro atoms. The monoisotopic (exact) mass is 468 g/mol. The summed E-state index contributed by atoms with van der Waals surface area (Å²) in [6.07, 6.45) is 4.05. The Kier molecular flexibility index (Phi) is 16.9. The first-order chi connectivity index (χ1) is 15.2. The van der Waals surface area contributed by atoms with Gasteiger partial charge in [0.2, 0.25) is 11.8 Å². The van der Waals surface area contributed by atoms with Crippen LogP contribution in [0.4, 0.5) is 0 Å². The summed E-state index contributed by atoms with van der Waals surface area (Å²) < 4.78 is 5.03. The second-order valence-electron chi connectivity index (χ2n) is 10.3. The number of nitrogens with one attached hydrogen (secondary N) is 1. The van der Waals surface area contributed by atoms with Crippen molar-refractivity contribution in [2.24, 2.45) is 23.2 Å². The van der Waals surface area contributed by atoms with Crippen LogP contribution in [0.25, 0.3) is 0 Å². The number of amides is 2. The Bertz CT molecular complexity index is 617. The first kappa shape index (κ1) is 33.3. The van der Waals surface area contributed by atoms with Crippen LogP contribution in [-0.4, -0.2) is 48.9 Å². The van der Waals surface area contributed by atoms with Gasteiger partial charge in [-0.2, -0.15) is 0 Å². The molecule has 0 unspecified atom stereocenters. The van der Waals surface area contributed by atoms with Crippen molar-refractivity contribution < 1.29 is 19.1 Å². The van der Waals surface area contributed by atoms with Gasteiger partial charge >= 0.3 is 5.97 Å².